The predicted molar refractivity (Wildman–Crippen MR) is 127 cm³/mol. The lowest BCUT2D eigenvalue weighted by molar-refractivity contribution is 0.310. The number of rotatable bonds is 5. The standard InChI is InChI=1S/C26H27N3O2S/c1-20-11-13-23(14-12-20)32(30,31)28-17-15-22(16-18-28)26-27-24-9-5-6-10-25(24)29(26)19-21-7-3-2-4-8-21/h2-14,22H,15-19H2,1H3. The lowest BCUT2D eigenvalue weighted by Gasteiger charge is -2.31. The van der Waals surface area contributed by atoms with Crippen LogP contribution < -0.4 is 0 Å². The van der Waals surface area contributed by atoms with Gasteiger partial charge in [0.05, 0.1) is 15.9 Å². The van der Waals surface area contributed by atoms with Crippen LogP contribution in [0.3, 0.4) is 0 Å². The molecule has 0 N–H and O–H groups in total. The summed E-state index contributed by atoms with van der Waals surface area (Å²) >= 11 is 0. The lowest BCUT2D eigenvalue weighted by Crippen LogP contribution is -2.38. The zero-order valence-corrected chi connectivity index (χ0v) is 19.0. The molecule has 5 rings (SSSR count). The summed E-state index contributed by atoms with van der Waals surface area (Å²) in [6.45, 7) is 3.74. The van der Waals surface area contributed by atoms with E-state index in [9.17, 15) is 8.42 Å². The van der Waals surface area contributed by atoms with E-state index < -0.39 is 10.0 Å². The molecule has 0 atom stereocenters. The fourth-order valence-electron chi connectivity index (χ4n) is 4.55. The number of fused-ring (bicyclic) bond motifs is 1. The van der Waals surface area contributed by atoms with Gasteiger partial charge in [-0.2, -0.15) is 4.31 Å². The van der Waals surface area contributed by atoms with E-state index in [2.05, 4.69) is 41.0 Å². The molecule has 1 aliphatic rings. The number of aromatic nitrogens is 2. The summed E-state index contributed by atoms with van der Waals surface area (Å²) in [6, 6.07) is 25.8. The molecule has 1 fully saturated rings. The Balaban J connectivity index is 1.40. The van der Waals surface area contributed by atoms with E-state index in [1.54, 1.807) is 16.4 Å². The van der Waals surface area contributed by atoms with Crippen molar-refractivity contribution in [1.29, 1.82) is 0 Å². The van der Waals surface area contributed by atoms with Crippen LogP contribution in [0.1, 0.15) is 35.7 Å². The van der Waals surface area contributed by atoms with Crippen LogP contribution in [0.4, 0.5) is 0 Å². The Bertz CT molecular complexity index is 1320. The second-order valence-electron chi connectivity index (χ2n) is 8.52. The number of imidazole rings is 1. The van der Waals surface area contributed by atoms with Crippen LogP contribution in [-0.4, -0.2) is 35.4 Å². The van der Waals surface area contributed by atoms with Gasteiger partial charge in [-0.25, -0.2) is 13.4 Å². The number of para-hydroxylation sites is 2. The maximum Gasteiger partial charge on any atom is 0.243 e. The average molecular weight is 446 g/mol. The van der Waals surface area contributed by atoms with Crippen LogP contribution in [0.2, 0.25) is 0 Å². The van der Waals surface area contributed by atoms with Crippen LogP contribution in [0.25, 0.3) is 11.0 Å². The van der Waals surface area contributed by atoms with Gasteiger partial charge in [0.25, 0.3) is 0 Å². The number of aryl methyl sites for hydroxylation is 1. The van der Waals surface area contributed by atoms with Crippen LogP contribution in [0, 0.1) is 6.92 Å². The van der Waals surface area contributed by atoms with Crippen molar-refractivity contribution < 1.29 is 8.42 Å². The van der Waals surface area contributed by atoms with Gasteiger partial charge in [-0.3, -0.25) is 0 Å². The first-order valence-electron chi connectivity index (χ1n) is 11.1. The van der Waals surface area contributed by atoms with E-state index in [1.807, 2.05) is 37.3 Å². The van der Waals surface area contributed by atoms with Crippen LogP contribution in [0.5, 0.6) is 0 Å². The highest BCUT2D eigenvalue weighted by atomic mass is 32.2. The molecule has 1 aliphatic heterocycles. The summed E-state index contributed by atoms with van der Waals surface area (Å²) in [4.78, 5) is 5.36. The summed E-state index contributed by atoms with van der Waals surface area (Å²) in [5, 5.41) is 0. The number of hydrogen-bond donors (Lipinski definition) is 0. The van der Waals surface area contributed by atoms with E-state index in [-0.39, 0.29) is 5.92 Å². The molecule has 0 aliphatic carbocycles. The molecule has 0 unspecified atom stereocenters. The first-order chi connectivity index (χ1) is 15.5. The summed E-state index contributed by atoms with van der Waals surface area (Å²) < 4.78 is 30.1. The molecule has 32 heavy (non-hydrogen) atoms. The lowest BCUT2D eigenvalue weighted by atomic mass is 9.97. The van der Waals surface area contributed by atoms with Crippen LogP contribution in [-0.2, 0) is 16.6 Å². The van der Waals surface area contributed by atoms with Crippen molar-refractivity contribution in [3.8, 4) is 0 Å². The molecular formula is C26H27N3O2S. The van der Waals surface area contributed by atoms with Crippen molar-refractivity contribution in [2.24, 2.45) is 0 Å². The normalized spacial score (nSPS) is 15.9. The maximum absolute atomic E-state index is 13.1. The van der Waals surface area contributed by atoms with E-state index in [4.69, 9.17) is 4.98 Å². The molecule has 2 heterocycles. The molecule has 6 heteroatoms. The predicted octanol–water partition coefficient (Wildman–Crippen LogP) is 4.96. The largest absolute Gasteiger partial charge is 0.323 e. The van der Waals surface area contributed by atoms with Gasteiger partial charge in [0.2, 0.25) is 10.0 Å². The molecule has 164 valence electrons. The first kappa shape index (κ1) is 20.9. The van der Waals surface area contributed by atoms with Crippen molar-refractivity contribution in [1.82, 2.24) is 13.9 Å². The highest BCUT2D eigenvalue weighted by molar-refractivity contribution is 7.89. The zero-order chi connectivity index (χ0) is 22.1. The van der Waals surface area contributed by atoms with Gasteiger partial charge in [0.1, 0.15) is 5.82 Å². The summed E-state index contributed by atoms with van der Waals surface area (Å²) in [5.74, 6) is 1.29. The van der Waals surface area contributed by atoms with Gasteiger partial charge >= 0.3 is 0 Å². The Kier molecular flexibility index (Phi) is 5.57. The molecule has 1 aromatic heterocycles. The number of benzene rings is 3. The molecule has 0 spiro atoms. The highest BCUT2D eigenvalue weighted by Gasteiger charge is 2.32. The van der Waals surface area contributed by atoms with E-state index in [0.29, 0.717) is 18.0 Å². The Morgan fingerprint density at radius 1 is 0.875 bits per heavy atom. The molecule has 0 amide bonds. The molecule has 5 nitrogen and oxygen atoms in total. The van der Waals surface area contributed by atoms with Crippen LogP contribution in [0.15, 0.2) is 83.8 Å². The first-order valence-corrected chi connectivity index (χ1v) is 12.5. The quantitative estimate of drug-likeness (QED) is 0.436. The molecule has 0 saturated carbocycles. The van der Waals surface area contributed by atoms with Gasteiger partial charge in [0.15, 0.2) is 0 Å². The molecule has 0 bridgehead atoms. The number of sulfonamides is 1. The third-order valence-electron chi connectivity index (χ3n) is 6.35. The van der Waals surface area contributed by atoms with Crippen molar-refractivity contribution >= 4 is 21.1 Å². The number of nitrogens with zero attached hydrogens (tertiary/aromatic N) is 3. The summed E-state index contributed by atoms with van der Waals surface area (Å²) in [5.41, 5.74) is 4.41. The third kappa shape index (κ3) is 3.96. The van der Waals surface area contributed by atoms with E-state index >= 15 is 0 Å². The van der Waals surface area contributed by atoms with Gasteiger partial charge in [-0.1, -0.05) is 60.2 Å². The maximum atomic E-state index is 13.1. The SMILES string of the molecule is Cc1ccc(S(=O)(=O)N2CCC(c3nc4ccccc4n3Cc3ccccc3)CC2)cc1. The second-order valence-corrected chi connectivity index (χ2v) is 10.5. The van der Waals surface area contributed by atoms with E-state index in [1.165, 1.54) is 5.56 Å². The van der Waals surface area contributed by atoms with Crippen molar-refractivity contribution in [3.63, 3.8) is 0 Å². The Morgan fingerprint density at radius 3 is 2.25 bits per heavy atom. The molecule has 0 radical (unpaired) electrons. The third-order valence-corrected chi connectivity index (χ3v) is 8.26. The molecule has 4 aromatic rings. The average Bonchev–Trinajstić information content (AvgIpc) is 3.18. The van der Waals surface area contributed by atoms with Crippen molar-refractivity contribution in [3.05, 3.63) is 95.8 Å². The second kappa shape index (κ2) is 8.52. The van der Waals surface area contributed by atoms with Gasteiger partial charge in [-0.15, -0.1) is 0 Å². The number of hydrogen-bond acceptors (Lipinski definition) is 3. The fourth-order valence-corrected chi connectivity index (χ4v) is 6.02. The monoisotopic (exact) mass is 445 g/mol. The van der Waals surface area contributed by atoms with Gasteiger partial charge in [0, 0.05) is 25.6 Å². The fraction of sp³-hybridized carbons (Fsp3) is 0.269. The van der Waals surface area contributed by atoms with Crippen LogP contribution >= 0.6 is 0 Å². The van der Waals surface area contributed by atoms with Gasteiger partial charge < -0.3 is 4.57 Å². The highest BCUT2D eigenvalue weighted by Crippen LogP contribution is 2.33. The van der Waals surface area contributed by atoms with Crippen molar-refractivity contribution in [2.75, 3.05) is 13.1 Å². The topological polar surface area (TPSA) is 55.2 Å². The summed E-state index contributed by atoms with van der Waals surface area (Å²) in [7, 11) is -3.46. The Labute approximate surface area is 189 Å². The van der Waals surface area contributed by atoms with E-state index in [0.717, 1.165) is 41.8 Å². The minimum absolute atomic E-state index is 0.232. The minimum atomic E-state index is -3.46. The smallest absolute Gasteiger partial charge is 0.243 e. The Hall–Kier alpha value is -2.96. The Morgan fingerprint density at radius 2 is 1.53 bits per heavy atom. The summed E-state index contributed by atoms with van der Waals surface area (Å²) in [6.07, 6.45) is 1.53. The van der Waals surface area contributed by atoms with Gasteiger partial charge in [-0.05, 0) is 49.6 Å². The van der Waals surface area contributed by atoms with Crippen molar-refractivity contribution in [2.45, 2.75) is 37.1 Å². The zero-order valence-electron chi connectivity index (χ0n) is 18.2. The molecular weight excluding hydrogens is 418 g/mol. The molecule has 3 aromatic carbocycles. The minimum Gasteiger partial charge on any atom is -0.323 e. The molecule has 1 saturated heterocycles. The number of piperidine rings is 1.